The van der Waals surface area contributed by atoms with Crippen LogP contribution in [0.2, 0.25) is 0 Å². The predicted octanol–water partition coefficient (Wildman–Crippen LogP) is 1.59. The Morgan fingerprint density at radius 1 is 1.16 bits per heavy atom. The molecule has 2 heterocycles. The summed E-state index contributed by atoms with van der Waals surface area (Å²) in [6.45, 7) is 1.30. The quantitative estimate of drug-likeness (QED) is 0.880. The van der Waals surface area contributed by atoms with E-state index in [4.69, 9.17) is 14.2 Å². The van der Waals surface area contributed by atoms with Gasteiger partial charge in [0.05, 0.1) is 32.2 Å². The van der Waals surface area contributed by atoms with Crippen LogP contribution in [0.15, 0.2) is 18.3 Å². The second kappa shape index (κ2) is 4.74. The summed E-state index contributed by atoms with van der Waals surface area (Å²) in [7, 11) is 1.60. The van der Waals surface area contributed by atoms with Crippen molar-refractivity contribution in [3.63, 3.8) is 0 Å². The molecule has 104 valence electrons. The van der Waals surface area contributed by atoms with E-state index in [0.717, 1.165) is 0 Å². The number of hydrogen-bond acceptors (Lipinski definition) is 5. The molecule has 19 heavy (non-hydrogen) atoms. The van der Waals surface area contributed by atoms with Gasteiger partial charge in [-0.25, -0.2) is 0 Å². The summed E-state index contributed by atoms with van der Waals surface area (Å²) in [5, 5.41) is 10.7. The van der Waals surface area contributed by atoms with Crippen molar-refractivity contribution in [2.45, 2.75) is 37.1 Å². The number of rotatable bonds is 2. The predicted molar refractivity (Wildman–Crippen MR) is 67.8 cm³/mol. The van der Waals surface area contributed by atoms with Crippen LogP contribution in [0.5, 0.6) is 5.75 Å². The minimum absolute atomic E-state index is 0.460. The molecule has 1 saturated heterocycles. The third-order valence-corrected chi connectivity index (χ3v) is 4.10. The van der Waals surface area contributed by atoms with Crippen molar-refractivity contribution in [3.8, 4) is 5.75 Å². The number of pyridine rings is 1. The Balaban J connectivity index is 1.73. The van der Waals surface area contributed by atoms with Crippen LogP contribution in [-0.2, 0) is 15.1 Å². The van der Waals surface area contributed by atoms with Gasteiger partial charge in [0, 0.05) is 12.8 Å². The van der Waals surface area contributed by atoms with Gasteiger partial charge < -0.3 is 19.3 Å². The fraction of sp³-hybridized carbons (Fsp3) is 0.643. The fourth-order valence-electron chi connectivity index (χ4n) is 2.86. The summed E-state index contributed by atoms with van der Waals surface area (Å²) in [6.07, 6.45) is 4.26. The van der Waals surface area contributed by atoms with Crippen LogP contribution in [0.4, 0.5) is 0 Å². The standard InChI is InChI=1S/C14H19NO4/c1-17-11-2-3-12(15-10-11)13(16)4-6-14(7-5-13)18-8-9-19-14/h2-3,10,16H,4-9H2,1H3. The highest BCUT2D eigenvalue weighted by molar-refractivity contribution is 5.23. The van der Waals surface area contributed by atoms with E-state index in [2.05, 4.69) is 4.98 Å². The van der Waals surface area contributed by atoms with Crippen molar-refractivity contribution in [1.29, 1.82) is 0 Å². The molecule has 2 fully saturated rings. The Kier molecular flexibility index (Phi) is 3.20. The zero-order chi connectivity index (χ0) is 13.3. The van der Waals surface area contributed by atoms with E-state index in [0.29, 0.717) is 50.3 Å². The van der Waals surface area contributed by atoms with Gasteiger partial charge in [-0.2, -0.15) is 0 Å². The molecule has 0 amide bonds. The lowest BCUT2D eigenvalue weighted by molar-refractivity contribution is -0.204. The maximum atomic E-state index is 10.7. The van der Waals surface area contributed by atoms with Crippen molar-refractivity contribution in [3.05, 3.63) is 24.0 Å². The molecule has 2 aliphatic rings. The highest BCUT2D eigenvalue weighted by Crippen LogP contribution is 2.44. The zero-order valence-electron chi connectivity index (χ0n) is 11.1. The molecule has 1 aliphatic heterocycles. The molecule has 3 rings (SSSR count). The Morgan fingerprint density at radius 2 is 1.84 bits per heavy atom. The molecule has 0 bridgehead atoms. The maximum Gasteiger partial charge on any atom is 0.168 e. The van der Waals surface area contributed by atoms with E-state index >= 15 is 0 Å². The fourth-order valence-corrected chi connectivity index (χ4v) is 2.86. The molecule has 1 spiro atoms. The molecule has 1 saturated carbocycles. The van der Waals surface area contributed by atoms with Gasteiger partial charge in [-0.1, -0.05) is 0 Å². The van der Waals surface area contributed by atoms with Crippen LogP contribution >= 0.6 is 0 Å². The largest absolute Gasteiger partial charge is 0.495 e. The van der Waals surface area contributed by atoms with E-state index in [1.165, 1.54) is 0 Å². The Labute approximate surface area is 112 Å². The second-order valence-corrected chi connectivity index (χ2v) is 5.22. The molecular weight excluding hydrogens is 246 g/mol. The molecule has 1 aliphatic carbocycles. The van der Waals surface area contributed by atoms with Crippen molar-refractivity contribution in [2.24, 2.45) is 0 Å². The van der Waals surface area contributed by atoms with Crippen molar-refractivity contribution in [2.75, 3.05) is 20.3 Å². The van der Waals surface area contributed by atoms with Gasteiger partial charge in [-0.15, -0.1) is 0 Å². The van der Waals surface area contributed by atoms with Crippen molar-refractivity contribution < 1.29 is 19.3 Å². The van der Waals surface area contributed by atoms with Crippen LogP contribution in [0.3, 0.4) is 0 Å². The number of ether oxygens (including phenoxy) is 3. The maximum absolute atomic E-state index is 10.7. The molecule has 0 radical (unpaired) electrons. The van der Waals surface area contributed by atoms with E-state index in [1.54, 1.807) is 13.3 Å². The van der Waals surface area contributed by atoms with E-state index < -0.39 is 11.4 Å². The number of aromatic nitrogens is 1. The molecule has 5 nitrogen and oxygen atoms in total. The third kappa shape index (κ3) is 2.33. The van der Waals surface area contributed by atoms with Crippen LogP contribution in [0.1, 0.15) is 31.4 Å². The van der Waals surface area contributed by atoms with E-state index in [9.17, 15) is 5.11 Å². The Bertz CT molecular complexity index is 429. The Morgan fingerprint density at radius 3 is 2.37 bits per heavy atom. The van der Waals surface area contributed by atoms with Crippen LogP contribution in [0, 0.1) is 0 Å². The summed E-state index contributed by atoms with van der Waals surface area (Å²) in [4.78, 5) is 4.30. The molecule has 5 heteroatoms. The smallest absolute Gasteiger partial charge is 0.168 e. The lowest BCUT2D eigenvalue weighted by Gasteiger charge is -2.40. The first kappa shape index (κ1) is 12.8. The number of aliphatic hydroxyl groups is 1. The van der Waals surface area contributed by atoms with Crippen molar-refractivity contribution >= 4 is 0 Å². The SMILES string of the molecule is COc1ccc(C2(O)CCC3(CC2)OCCO3)nc1. The summed E-state index contributed by atoms with van der Waals surface area (Å²) >= 11 is 0. The van der Waals surface area contributed by atoms with Crippen LogP contribution < -0.4 is 4.74 Å². The van der Waals surface area contributed by atoms with Gasteiger partial charge in [-0.3, -0.25) is 4.98 Å². The molecule has 0 unspecified atom stereocenters. The molecule has 1 N–H and O–H groups in total. The highest BCUT2D eigenvalue weighted by Gasteiger charge is 2.46. The summed E-state index contributed by atoms with van der Waals surface area (Å²) in [5.41, 5.74) is -0.187. The topological polar surface area (TPSA) is 60.8 Å². The first-order chi connectivity index (χ1) is 9.16. The molecule has 1 aromatic heterocycles. The lowest BCUT2D eigenvalue weighted by Crippen LogP contribution is -2.42. The van der Waals surface area contributed by atoms with Crippen LogP contribution in [0.25, 0.3) is 0 Å². The summed E-state index contributed by atoms with van der Waals surface area (Å²) in [5.74, 6) is 0.237. The molecule has 0 aromatic carbocycles. The van der Waals surface area contributed by atoms with Gasteiger partial charge in [0.15, 0.2) is 5.79 Å². The van der Waals surface area contributed by atoms with Gasteiger partial charge in [0.2, 0.25) is 0 Å². The van der Waals surface area contributed by atoms with E-state index in [1.807, 2.05) is 12.1 Å². The Hall–Kier alpha value is -1.17. The third-order valence-electron chi connectivity index (χ3n) is 4.10. The monoisotopic (exact) mass is 265 g/mol. The minimum atomic E-state index is -0.882. The zero-order valence-corrected chi connectivity index (χ0v) is 11.1. The van der Waals surface area contributed by atoms with Gasteiger partial charge in [0.25, 0.3) is 0 Å². The van der Waals surface area contributed by atoms with Gasteiger partial charge >= 0.3 is 0 Å². The first-order valence-corrected chi connectivity index (χ1v) is 6.67. The molecule has 0 atom stereocenters. The first-order valence-electron chi connectivity index (χ1n) is 6.67. The normalized spacial score (nSPS) is 24.5. The minimum Gasteiger partial charge on any atom is -0.495 e. The number of methoxy groups -OCH3 is 1. The van der Waals surface area contributed by atoms with Gasteiger partial charge in [0.1, 0.15) is 11.4 Å². The average molecular weight is 265 g/mol. The second-order valence-electron chi connectivity index (χ2n) is 5.22. The van der Waals surface area contributed by atoms with Crippen LogP contribution in [-0.4, -0.2) is 36.2 Å². The molecule has 1 aromatic rings. The molecular formula is C14H19NO4. The van der Waals surface area contributed by atoms with Gasteiger partial charge in [-0.05, 0) is 25.0 Å². The summed E-state index contributed by atoms with van der Waals surface area (Å²) in [6, 6.07) is 3.65. The number of nitrogens with zero attached hydrogens (tertiary/aromatic N) is 1. The van der Waals surface area contributed by atoms with Crippen molar-refractivity contribution in [1.82, 2.24) is 4.98 Å². The number of hydrogen-bond donors (Lipinski definition) is 1. The van der Waals surface area contributed by atoms with E-state index in [-0.39, 0.29) is 0 Å². The average Bonchev–Trinajstić information content (AvgIpc) is 2.92. The highest BCUT2D eigenvalue weighted by atomic mass is 16.7. The summed E-state index contributed by atoms with van der Waals surface area (Å²) < 4.78 is 16.4. The lowest BCUT2D eigenvalue weighted by atomic mass is 9.79.